The van der Waals surface area contributed by atoms with E-state index < -0.39 is 0 Å². The van der Waals surface area contributed by atoms with Crippen molar-refractivity contribution in [1.29, 1.82) is 5.26 Å². The molecule has 5 heteroatoms. The van der Waals surface area contributed by atoms with E-state index in [1.54, 1.807) is 0 Å². The number of nitrogens with two attached hydrogens (primary N) is 1. The van der Waals surface area contributed by atoms with Crippen LogP contribution in [0.3, 0.4) is 0 Å². The van der Waals surface area contributed by atoms with Crippen molar-refractivity contribution >= 4 is 11.5 Å². The van der Waals surface area contributed by atoms with Crippen molar-refractivity contribution in [2.24, 2.45) is 0 Å². The van der Waals surface area contributed by atoms with Crippen LogP contribution in [0.2, 0.25) is 0 Å². The number of pyridine rings is 1. The highest BCUT2D eigenvalue weighted by atomic mass is 15.2. The van der Waals surface area contributed by atoms with Gasteiger partial charge in [-0.25, -0.2) is 4.98 Å². The van der Waals surface area contributed by atoms with Gasteiger partial charge in [-0.3, -0.25) is 0 Å². The Morgan fingerprint density at radius 1 is 1.19 bits per heavy atom. The Labute approximate surface area is 124 Å². The first-order valence-corrected chi connectivity index (χ1v) is 7.01. The Balaban J connectivity index is 2.09. The molecule has 1 saturated heterocycles. The van der Waals surface area contributed by atoms with E-state index in [2.05, 4.69) is 21.3 Å². The van der Waals surface area contributed by atoms with Crippen LogP contribution in [-0.2, 0) is 0 Å². The number of rotatable bonds is 2. The van der Waals surface area contributed by atoms with E-state index in [1.165, 1.54) is 0 Å². The summed E-state index contributed by atoms with van der Waals surface area (Å²) in [5, 5.41) is 12.7. The fourth-order valence-electron chi connectivity index (χ4n) is 2.58. The Bertz CT molecular complexity index is 669. The molecule has 0 aliphatic carbocycles. The van der Waals surface area contributed by atoms with Crippen LogP contribution >= 0.6 is 0 Å². The van der Waals surface area contributed by atoms with E-state index in [1.807, 2.05) is 36.4 Å². The number of nitrogen functional groups attached to an aromatic ring is 1. The van der Waals surface area contributed by atoms with E-state index in [-0.39, 0.29) is 0 Å². The summed E-state index contributed by atoms with van der Waals surface area (Å²) in [6.07, 6.45) is 0. The van der Waals surface area contributed by atoms with E-state index in [0.29, 0.717) is 11.4 Å². The number of nitrogens with zero attached hydrogens (tertiary/aromatic N) is 3. The molecule has 3 rings (SSSR count). The van der Waals surface area contributed by atoms with Gasteiger partial charge >= 0.3 is 0 Å². The SMILES string of the molecule is N#Cc1c(N2CCNCC2)cc(-c2ccccc2)nc1N. The van der Waals surface area contributed by atoms with Crippen LogP contribution in [0.5, 0.6) is 0 Å². The smallest absolute Gasteiger partial charge is 0.144 e. The average Bonchev–Trinajstić information content (AvgIpc) is 2.55. The standard InChI is InChI=1S/C16H17N5/c17-11-13-15(21-8-6-19-7-9-21)10-14(20-16(13)18)12-4-2-1-3-5-12/h1-5,10,19H,6-9H2,(H2,18,20). The molecule has 1 aromatic heterocycles. The highest BCUT2D eigenvalue weighted by Crippen LogP contribution is 2.29. The zero-order chi connectivity index (χ0) is 14.7. The molecule has 0 bridgehead atoms. The number of hydrogen-bond acceptors (Lipinski definition) is 5. The quantitative estimate of drug-likeness (QED) is 0.873. The lowest BCUT2D eigenvalue weighted by molar-refractivity contribution is 0.589. The van der Waals surface area contributed by atoms with Crippen molar-refractivity contribution in [2.75, 3.05) is 36.8 Å². The zero-order valence-corrected chi connectivity index (χ0v) is 11.7. The topological polar surface area (TPSA) is 78.0 Å². The van der Waals surface area contributed by atoms with Crippen molar-refractivity contribution in [3.8, 4) is 17.3 Å². The van der Waals surface area contributed by atoms with Gasteiger partial charge in [0, 0.05) is 31.7 Å². The molecule has 0 saturated carbocycles. The minimum absolute atomic E-state index is 0.299. The first-order chi connectivity index (χ1) is 10.3. The molecule has 0 radical (unpaired) electrons. The minimum atomic E-state index is 0.299. The summed E-state index contributed by atoms with van der Waals surface area (Å²) in [7, 11) is 0. The predicted octanol–water partition coefficient (Wildman–Crippen LogP) is 1.61. The number of nitrogens with one attached hydrogen (secondary N) is 1. The predicted molar refractivity (Wildman–Crippen MR) is 83.9 cm³/mol. The van der Waals surface area contributed by atoms with Crippen LogP contribution in [0, 0.1) is 11.3 Å². The van der Waals surface area contributed by atoms with Gasteiger partial charge in [-0.15, -0.1) is 0 Å². The Morgan fingerprint density at radius 3 is 2.57 bits per heavy atom. The minimum Gasteiger partial charge on any atom is -0.383 e. The second-order valence-electron chi connectivity index (χ2n) is 5.00. The maximum atomic E-state index is 9.38. The summed E-state index contributed by atoms with van der Waals surface area (Å²) in [5.74, 6) is 0.299. The third kappa shape index (κ3) is 2.67. The molecule has 5 nitrogen and oxygen atoms in total. The van der Waals surface area contributed by atoms with Gasteiger partial charge in [-0.05, 0) is 6.07 Å². The first kappa shape index (κ1) is 13.4. The van der Waals surface area contributed by atoms with Gasteiger partial charge in [0.2, 0.25) is 0 Å². The van der Waals surface area contributed by atoms with E-state index >= 15 is 0 Å². The fourth-order valence-corrected chi connectivity index (χ4v) is 2.58. The third-order valence-electron chi connectivity index (χ3n) is 3.67. The number of benzene rings is 1. The van der Waals surface area contributed by atoms with Crippen LogP contribution < -0.4 is 16.0 Å². The molecule has 1 aromatic carbocycles. The molecular formula is C16H17N5. The third-order valence-corrected chi connectivity index (χ3v) is 3.67. The van der Waals surface area contributed by atoms with Crippen molar-refractivity contribution < 1.29 is 0 Å². The number of anilines is 2. The molecule has 106 valence electrons. The molecule has 0 spiro atoms. The van der Waals surface area contributed by atoms with Crippen molar-refractivity contribution in [2.45, 2.75) is 0 Å². The summed E-state index contributed by atoms with van der Waals surface area (Å²) < 4.78 is 0. The van der Waals surface area contributed by atoms with Crippen LogP contribution in [0.25, 0.3) is 11.3 Å². The number of hydrogen-bond donors (Lipinski definition) is 2. The van der Waals surface area contributed by atoms with E-state index in [0.717, 1.165) is 43.1 Å². The van der Waals surface area contributed by atoms with Gasteiger partial charge in [0.25, 0.3) is 0 Å². The number of piperazine rings is 1. The molecule has 0 atom stereocenters. The molecule has 1 fully saturated rings. The van der Waals surface area contributed by atoms with Crippen molar-refractivity contribution in [3.63, 3.8) is 0 Å². The van der Waals surface area contributed by atoms with Gasteiger partial charge in [-0.1, -0.05) is 30.3 Å². The van der Waals surface area contributed by atoms with Crippen LogP contribution in [-0.4, -0.2) is 31.2 Å². The summed E-state index contributed by atoms with van der Waals surface area (Å²) in [5.41, 5.74) is 9.16. The molecular weight excluding hydrogens is 262 g/mol. The van der Waals surface area contributed by atoms with Crippen LogP contribution in [0.15, 0.2) is 36.4 Å². The summed E-state index contributed by atoms with van der Waals surface area (Å²) in [6.45, 7) is 3.56. The van der Waals surface area contributed by atoms with E-state index in [9.17, 15) is 5.26 Å². The van der Waals surface area contributed by atoms with Gasteiger partial charge in [-0.2, -0.15) is 5.26 Å². The summed E-state index contributed by atoms with van der Waals surface area (Å²) in [4.78, 5) is 6.58. The maximum absolute atomic E-state index is 9.38. The molecule has 0 unspecified atom stereocenters. The lowest BCUT2D eigenvalue weighted by atomic mass is 10.1. The summed E-state index contributed by atoms with van der Waals surface area (Å²) >= 11 is 0. The molecule has 3 N–H and O–H groups in total. The van der Waals surface area contributed by atoms with Crippen LogP contribution in [0.4, 0.5) is 11.5 Å². The van der Waals surface area contributed by atoms with Crippen LogP contribution in [0.1, 0.15) is 5.56 Å². The second-order valence-corrected chi connectivity index (χ2v) is 5.00. The lowest BCUT2D eigenvalue weighted by Gasteiger charge is -2.30. The largest absolute Gasteiger partial charge is 0.383 e. The normalized spacial score (nSPS) is 14.7. The Hall–Kier alpha value is -2.58. The van der Waals surface area contributed by atoms with Gasteiger partial charge in [0.15, 0.2) is 0 Å². The lowest BCUT2D eigenvalue weighted by Crippen LogP contribution is -2.43. The van der Waals surface area contributed by atoms with Crippen molar-refractivity contribution in [3.05, 3.63) is 42.0 Å². The molecule has 1 aliphatic heterocycles. The van der Waals surface area contributed by atoms with Gasteiger partial charge < -0.3 is 16.0 Å². The molecule has 2 heterocycles. The Kier molecular flexibility index (Phi) is 3.71. The Morgan fingerprint density at radius 2 is 1.90 bits per heavy atom. The monoisotopic (exact) mass is 279 g/mol. The molecule has 0 amide bonds. The average molecular weight is 279 g/mol. The van der Waals surface area contributed by atoms with Gasteiger partial charge in [0.1, 0.15) is 17.5 Å². The summed E-state index contributed by atoms with van der Waals surface area (Å²) in [6, 6.07) is 14.1. The van der Waals surface area contributed by atoms with Crippen molar-refractivity contribution in [1.82, 2.24) is 10.3 Å². The highest BCUT2D eigenvalue weighted by Gasteiger charge is 2.18. The molecule has 1 aliphatic rings. The zero-order valence-electron chi connectivity index (χ0n) is 11.7. The van der Waals surface area contributed by atoms with E-state index in [4.69, 9.17) is 5.73 Å². The first-order valence-electron chi connectivity index (χ1n) is 7.01. The number of aromatic nitrogens is 1. The molecule has 2 aromatic rings. The van der Waals surface area contributed by atoms with Gasteiger partial charge in [0.05, 0.1) is 11.4 Å². The fraction of sp³-hybridized carbons (Fsp3) is 0.250. The number of nitriles is 1. The molecule has 21 heavy (non-hydrogen) atoms. The second kappa shape index (κ2) is 5.81. The maximum Gasteiger partial charge on any atom is 0.144 e. The highest BCUT2D eigenvalue weighted by molar-refractivity contribution is 5.75.